The van der Waals surface area contributed by atoms with Crippen LogP contribution in [0.5, 0.6) is 0 Å². The number of unbranched alkanes of at least 4 members (excludes halogenated alkanes) is 2. The normalized spacial score (nSPS) is 15.2. The first-order valence-corrected chi connectivity index (χ1v) is 14.8. The van der Waals surface area contributed by atoms with Crippen molar-refractivity contribution in [2.75, 3.05) is 0 Å². The van der Waals surface area contributed by atoms with Crippen LogP contribution in [0, 0.1) is 0 Å². The van der Waals surface area contributed by atoms with Gasteiger partial charge in [-0.2, -0.15) is 5.10 Å². The summed E-state index contributed by atoms with van der Waals surface area (Å²) >= 11 is 0. The molecule has 4 N–H and O–H groups in total. The van der Waals surface area contributed by atoms with Gasteiger partial charge in [0.05, 0.1) is 22.6 Å². The molecule has 6 rings (SSSR count). The smallest absolute Gasteiger partial charge is 0.347 e. The van der Waals surface area contributed by atoms with Gasteiger partial charge < -0.3 is 10.4 Å². The molecule has 0 bridgehead atoms. The molecule has 0 spiro atoms. The first-order valence-electron chi connectivity index (χ1n) is 14.8. The summed E-state index contributed by atoms with van der Waals surface area (Å²) in [7, 11) is 0. The van der Waals surface area contributed by atoms with Crippen LogP contribution in [-0.2, 0) is 10.3 Å². The largest absolute Gasteiger partial charge is 0.389 e. The maximum absolute atomic E-state index is 12.8. The highest BCUT2D eigenvalue weighted by atomic mass is 16.3. The van der Waals surface area contributed by atoms with Gasteiger partial charge in [-0.25, -0.2) is 19.3 Å². The Hall–Kier alpha value is -4.56. The zero-order valence-corrected chi connectivity index (χ0v) is 23.8. The third-order valence-corrected chi connectivity index (χ3v) is 8.40. The average Bonchev–Trinajstić information content (AvgIpc) is 3.39. The molecule has 214 valence electrons. The topological polar surface area (TPSA) is 114 Å². The third-order valence-electron chi connectivity index (χ3n) is 8.40. The number of aliphatic hydroxyl groups excluding tert-OH is 1. The van der Waals surface area contributed by atoms with Gasteiger partial charge in [0.25, 0.3) is 0 Å². The van der Waals surface area contributed by atoms with Crippen LogP contribution in [0.15, 0.2) is 89.9 Å². The Kier molecular flexibility index (Phi) is 7.71. The minimum absolute atomic E-state index is 0.175. The van der Waals surface area contributed by atoms with Gasteiger partial charge in [-0.05, 0) is 55.0 Å². The Balaban J connectivity index is 1.31. The van der Waals surface area contributed by atoms with Crippen LogP contribution in [-0.4, -0.2) is 31.7 Å². The molecule has 1 saturated carbocycles. The number of aromatic amines is 2. The Labute approximate surface area is 244 Å². The van der Waals surface area contributed by atoms with Gasteiger partial charge in [0.1, 0.15) is 0 Å². The molecule has 0 radical (unpaired) electrons. The van der Waals surface area contributed by atoms with Crippen molar-refractivity contribution in [3.05, 3.63) is 101 Å². The van der Waals surface area contributed by atoms with Gasteiger partial charge in [-0.1, -0.05) is 74.7 Å². The quantitative estimate of drug-likeness (QED) is 0.158. The minimum Gasteiger partial charge on any atom is -0.389 e. The maximum Gasteiger partial charge on any atom is 0.347 e. The first-order chi connectivity index (χ1) is 20.5. The SMILES string of the molecule is CCCCCC(O)/C=C/C(=O)NC1(c2ccc(-c3[nH+]c4ccn5c(=O)[nH]nc5c4cc3-c3ccccc3)cc2)CCC1. The number of carbonyl (C=O) groups excluding carboxylic acids is 1. The number of hydrogen-bond donors (Lipinski definition) is 3. The van der Waals surface area contributed by atoms with Gasteiger partial charge in [-0.15, -0.1) is 0 Å². The van der Waals surface area contributed by atoms with E-state index in [2.05, 4.69) is 69.9 Å². The highest BCUT2D eigenvalue weighted by Crippen LogP contribution is 2.42. The Morgan fingerprint density at radius 1 is 1.12 bits per heavy atom. The third kappa shape index (κ3) is 5.37. The number of fused-ring (bicyclic) bond motifs is 3. The molecule has 1 unspecified atom stereocenters. The molecule has 1 amide bonds. The fraction of sp³-hybridized carbons (Fsp3) is 0.294. The summed E-state index contributed by atoms with van der Waals surface area (Å²) in [5, 5.41) is 21.0. The number of pyridine rings is 2. The molecular formula is C34H36N5O3+. The molecule has 2 aromatic carbocycles. The lowest BCUT2D eigenvalue weighted by molar-refractivity contribution is -0.330. The molecule has 42 heavy (non-hydrogen) atoms. The molecule has 1 atom stereocenters. The summed E-state index contributed by atoms with van der Waals surface area (Å²) in [6.07, 6.45) is 10.8. The molecule has 1 aliphatic carbocycles. The van der Waals surface area contributed by atoms with Crippen LogP contribution in [0.4, 0.5) is 0 Å². The fourth-order valence-electron chi connectivity index (χ4n) is 5.88. The van der Waals surface area contributed by atoms with E-state index in [4.69, 9.17) is 0 Å². The number of aromatic nitrogens is 4. The van der Waals surface area contributed by atoms with Gasteiger partial charge in [0.15, 0.2) is 5.65 Å². The lowest BCUT2D eigenvalue weighted by Gasteiger charge is -2.43. The average molecular weight is 563 g/mol. The van der Waals surface area contributed by atoms with Crippen molar-refractivity contribution in [3.63, 3.8) is 0 Å². The number of benzene rings is 2. The number of carbonyl (C=O) groups is 1. The first kappa shape index (κ1) is 27.6. The lowest BCUT2D eigenvalue weighted by atomic mass is 9.71. The fourth-order valence-corrected chi connectivity index (χ4v) is 5.88. The van der Waals surface area contributed by atoms with Crippen LogP contribution in [0.2, 0.25) is 0 Å². The predicted octanol–water partition coefficient (Wildman–Crippen LogP) is 5.32. The second-order valence-corrected chi connectivity index (χ2v) is 11.2. The van der Waals surface area contributed by atoms with E-state index >= 15 is 0 Å². The van der Waals surface area contributed by atoms with Crippen molar-refractivity contribution in [2.24, 2.45) is 0 Å². The number of aliphatic hydroxyl groups is 1. The van der Waals surface area contributed by atoms with Crippen molar-refractivity contribution < 1.29 is 14.9 Å². The molecule has 0 saturated heterocycles. The number of hydrogen-bond acceptors (Lipinski definition) is 4. The van der Waals surface area contributed by atoms with Gasteiger partial charge >= 0.3 is 5.69 Å². The van der Waals surface area contributed by atoms with Gasteiger partial charge in [-0.3, -0.25) is 4.79 Å². The summed E-state index contributed by atoms with van der Waals surface area (Å²) < 4.78 is 1.51. The van der Waals surface area contributed by atoms with E-state index in [1.807, 2.05) is 24.3 Å². The highest BCUT2D eigenvalue weighted by molar-refractivity contribution is 5.95. The van der Waals surface area contributed by atoms with E-state index in [1.54, 1.807) is 12.3 Å². The van der Waals surface area contributed by atoms with Crippen LogP contribution >= 0.6 is 0 Å². The minimum atomic E-state index is -0.596. The van der Waals surface area contributed by atoms with E-state index in [9.17, 15) is 14.7 Å². The molecule has 8 heteroatoms. The molecule has 1 aliphatic rings. The second kappa shape index (κ2) is 11.7. The number of rotatable bonds is 10. The number of H-pyrrole nitrogens is 2. The molecule has 5 aromatic rings. The highest BCUT2D eigenvalue weighted by Gasteiger charge is 2.39. The second-order valence-electron chi connectivity index (χ2n) is 11.2. The van der Waals surface area contributed by atoms with Crippen LogP contribution in [0.25, 0.3) is 38.9 Å². The zero-order chi connectivity index (χ0) is 29.1. The van der Waals surface area contributed by atoms with Crippen LogP contribution in [0.3, 0.4) is 0 Å². The molecule has 8 nitrogen and oxygen atoms in total. The van der Waals surface area contributed by atoms with E-state index in [0.29, 0.717) is 12.1 Å². The summed E-state index contributed by atoms with van der Waals surface area (Å²) in [5.41, 5.74) is 5.83. The van der Waals surface area contributed by atoms with Crippen molar-refractivity contribution >= 4 is 22.5 Å². The van der Waals surface area contributed by atoms with E-state index in [-0.39, 0.29) is 11.6 Å². The van der Waals surface area contributed by atoms with Crippen molar-refractivity contribution in [1.82, 2.24) is 19.9 Å². The Morgan fingerprint density at radius 3 is 2.62 bits per heavy atom. The monoisotopic (exact) mass is 562 g/mol. The molecule has 3 aromatic heterocycles. The van der Waals surface area contributed by atoms with E-state index in [1.165, 1.54) is 10.5 Å². The van der Waals surface area contributed by atoms with E-state index < -0.39 is 11.6 Å². The van der Waals surface area contributed by atoms with Gasteiger partial charge in [0.2, 0.25) is 17.1 Å². The predicted molar refractivity (Wildman–Crippen MR) is 164 cm³/mol. The van der Waals surface area contributed by atoms with Crippen molar-refractivity contribution in [1.29, 1.82) is 0 Å². The summed E-state index contributed by atoms with van der Waals surface area (Å²) in [5.74, 6) is -0.175. The summed E-state index contributed by atoms with van der Waals surface area (Å²) in [4.78, 5) is 28.6. The van der Waals surface area contributed by atoms with E-state index in [0.717, 1.165) is 77.4 Å². The zero-order valence-electron chi connectivity index (χ0n) is 23.8. The molecule has 1 fully saturated rings. The number of nitrogens with one attached hydrogen (secondary N) is 3. The summed E-state index contributed by atoms with van der Waals surface area (Å²) in [6, 6.07) is 22.5. The maximum atomic E-state index is 12.8. The lowest BCUT2D eigenvalue weighted by Crippen LogP contribution is -2.50. The molecule has 0 aliphatic heterocycles. The Bertz CT molecular complexity index is 1800. The van der Waals surface area contributed by atoms with Crippen LogP contribution < -0.4 is 16.0 Å². The van der Waals surface area contributed by atoms with Crippen molar-refractivity contribution in [3.8, 4) is 22.4 Å². The van der Waals surface area contributed by atoms with Gasteiger partial charge in [0, 0.05) is 23.9 Å². The number of amides is 1. The molecular weight excluding hydrogens is 526 g/mol. The summed E-state index contributed by atoms with van der Waals surface area (Å²) in [6.45, 7) is 2.13. The molecule has 3 heterocycles. The van der Waals surface area contributed by atoms with Crippen LogP contribution in [0.1, 0.15) is 57.4 Å². The number of nitrogens with zero attached hydrogens (tertiary/aromatic N) is 2. The Morgan fingerprint density at radius 2 is 1.90 bits per heavy atom. The van der Waals surface area contributed by atoms with Crippen molar-refractivity contribution in [2.45, 2.75) is 63.5 Å². The standard InChI is InChI=1S/C34H35N5O3/c1-2-3-5-11-26(40)16-17-30(41)36-34(19-8-20-34)25-14-12-24(13-15-25)31-27(23-9-6-4-7-10-23)22-28-29(35-31)18-21-39-32(28)37-38-33(39)42/h4,6-7,9-10,12-18,21-22,26,40H,2-3,5,8,11,19-20H2,1H3,(H,36,41)(H,38,42)/p+1/b17-16+.